The first-order chi connectivity index (χ1) is 15.0. The van der Waals surface area contributed by atoms with E-state index in [1.807, 2.05) is 50.5 Å². The van der Waals surface area contributed by atoms with E-state index in [0.717, 1.165) is 32.4 Å². The second-order valence-electron chi connectivity index (χ2n) is 7.65. The van der Waals surface area contributed by atoms with Gasteiger partial charge in [0.05, 0.1) is 6.10 Å². The van der Waals surface area contributed by atoms with Crippen molar-refractivity contribution in [3.8, 4) is 11.5 Å². The van der Waals surface area contributed by atoms with Crippen LogP contribution in [0.5, 0.6) is 11.5 Å². The molecule has 0 amide bonds. The maximum atomic E-state index is 14.1. The maximum absolute atomic E-state index is 14.1. The molecule has 7 nitrogen and oxygen atoms in total. The Labute approximate surface area is 184 Å². The molecule has 2 aliphatic rings. The first-order valence-corrected chi connectivity index (χ1v) is 13.6. The highest BCUT2D eigenvalue weighted by Crippen LogP contribution is 2.68. The molecule has 31 heavy (non-hydrogen) atoms. The molecule has 1 unspecified atom stereocenters. The van der Waals surface area contributed by atoms with Gasteiger partial charge in [-0.3, -0.25) is 0 Å². The maximum Gasteiger partial charge on any atom is 0.566 e. The zero-order valence-electron chi connectivity index (χ0n) is 17.9. The Morgan fingerprint density at radius 1 is 0.935 bits per heavy atom. The third kappa shape index (κ3) is 5.31. The highest BCUT2D eigenvalue weighted by Gasteiger charge is 2.44. The summed E-state index contributed by atoms with van der Waals surface area (Å²) in [4.78, 5) is 0. The van der Waals surface area contributed by atoms with Crippen LogP contribution >= 0.6 is 15.3 Å². The topological polar surface area (TPSA) is 63.6 Å². The molecule has 1 aliphatic carbocycles. The number of hydrogen-bond acceptors (Lipinski definition) is 4. The van der Waals surface area contributed by atoms with Crippen molar-refractivity contribution >= 4 is 15.3 Å². The van der Waals surface area contributed by atoms with Crippen molar-refractivity contribution in [1.29, 1.82) is 0 Å². The molecule has 4 rings (SSSR count). The van der Waals surface area contributed by atoms with Crippen molar-refractivity contribution < 1.29 is 18.1 Å². The molecule has 0 bridgehead atoms. The summed E-state index contributed by atoms with van der Waals surface area (Å²) in [5, 5.41) is 0. The summed E-state index contributed by atoms with van der Waals surface area (Å²) in [7, 11) is -2.82. The zero-order valence-corrected chi connectivity index (χ0v) is 19.7. The second kappa shape index (κ2) is 9.72. The molecule has 2 aromatic carbocycles. The number of para-hydroxylation sites is 2. The summed E-state index contributed by atoms with van der Waals surface area (Å²) in [6.07, 6.45) is 7.19. The van der Waals surface area contributed by atoms with Gasteiger partial charge in [0.2, 0.25) is 7.58 Å². The molecule has 1 aliphatic heterocycles. The largest absolute Gasteiger partial charge is 0.566 e. The molecule has 9 heteroatoms. The SMILES string of the molecule is CN1CCN(C)P1(=NP(=O)(Oc1ccccc1)Oc1ccccc1)OC1C=CCCC1. The fourth-order valence-electron chi connectivity index (χ4n) is 3.61. The quantitative estimate of drug-likeness (QED) is 0.361. The number of likely N-dealkylation sites (N-methyl/N-ethyl adjacent to an activating group) is 2. The first-order valence-electron chi connectivity index (χ1n) is 10.5. The van der Waals surface area contributed by atoms with Gasteiger partial charge in [0.25, 0.3) is 0 Å². The minimum Gasteiger partial charge on any atom is -0.399 e. The van der Waals surface area contributed by atoms with E-state index >= 15 is 0 Å². The predicted molar refractivity (Wildman–Crippen MR) is 124 cm³/mol. The predicted octanol–water partition coefficient (Wildman–Crippen LogP) is 6.20. The van der Waals surface area contributed by atoms with Crippen molar-refractivity contribution in [2.75, 3.05) is 27.2 Å². The van der Waals surface area contributed by atoms with Gasteiger partial charge in [-0.15, -0.1) is 4.52 Å². The van der Waals surface area contributed by atoms with E-state index < -0.39 is 15.3 Å². The Balaban J connectivity index is 1.77. The van der Waals surface area contributed by atoms with Gasteiger partial charge in [0.1, 0.15) is 11.5 Å². The third-order valence-corrected chi connectivity index (χ3v) is 10.7. The molecule has 166 valence electrons. The molecular weight excluding hydrogens is 432 g/mol. The molecule has 1 saturated heterocycles. The van der Waals surface area contributed by atoms with E-state index in [1.165, 1.54) is 0 Å². The van der Waals surface area contributed by atoms with E-state index in [0.29, 0.717) is 11.5 Å². The molecular formula is C22H29N3O4P2. The smallest absolute Gasteiger partial charge is 0.399 e. The summed E-state index contributed by atoms with van der Waals surface area (Å²) >= 11 is 0. The second-order valence-corrected chi connectivity index (χ2v) is 12.3. The Morgan fingerprint density at radius 2 is 1.48 bits per heavy atom. The van der Waals surface area contributed by atoms with E-state index in [-0.39, 0.29) is 6.10 Å². The van der Waals surface area contributed by atoms with Gasteiger partial charge >= 0.3 is 7.75 Å². The van der Waals surface area contributed by atoms with Crippen LogP contribution in [0.2, 0.25) is 0 Å². The Morgan fingerprint density at radius 3 is 1.97 bits per heavy atom. The molecule has 1 heterocycles. The van der Waals surface area contributed by atoms with Crippen LogP contribution < -0.4 is 9.05 Å². The summed E-state index contributed by atoms with van der Waals surface area (Å²) in [5.74, 6) is 0.872. The average Bonchev–Trinajstić information content (AvgIpc) is 3.03. The molecule has 0 N–H and O–H groups in total. The molecule has 1 fully saturated rings. The molecule has 0 saturated carbocycles. The van der Waals surface area contributed by atoms with Crippen LogP contribution in [0, 0.1) is 0 Å². The van der Waals surface area contributed by atoms with Gasteiger partial charge in [-0.05, 0) is 57.6 Å². The van der Waals surface area contributed by atoms with E-state index in [1.54, 1.807) is 24.3 Å². The highest BCUT2D eigenvalue weighted by molar-refractivity contribution is 7.67. The van der Waals surface area contributed by atoms with E-state index in [9.17, 15) is 4.57 Å². The minimum atomic E-state index is -3.98. The fourth-order valence-corrected chi connectivity index (χ4v) is 9.20. The van der Waals surface area contributed by atoms with Crippen LogP contribution in [0.4, 0.5) is 0 Å². The van der Waals surface area contributed by atoms with Gasteiger partial charge in [-0.1, -0.05) is 48.6 Å². The fraction of sp³-hybridized carbons (Fsp3) is 0.364. The number of allylic oxidation sites excluding steroid dienone is 1. The van der Waals surface area contributed by atoms with Crippen LogP contribution in [-0.4, -0.2) is 42.6 Å². The summed E-state index contributed by atoms with van der Waals surface area (Å²) in [6, 6.07) is 18.0. The Hall–Kier alpha value is -1.88. The summed E-state index contributed by atoms with van der Waals surface area (Å²) < 4.78 is 41.5. The van der Waals surface area contributed by atoms with Crippen molar-refractivity contribution in [2.24, 2.45) is 4.52 Å². The molecule has 0 aromatic heterocycles. The number of benzene rings is 2. The van der Waals surface area contributed by atoms with Crippen molar-refractivity contribution in [2.45, 2.75) is 25.4 Å². The zero-order chi connectivity index (χ0) is 21.7. The normalized spacial score (nSPS) is 21.7. The van der Waals surface area contributed by atoms with Crippen molar-refractivity contribution in [1.82, 2.24) is 9.34 Å². The van der Waals surface area contributed by atoms with Gasteiger partial charge in [-0.2, -0.15) is 0 Å². The monoisotopic (exact) mass is 461 g/mol. The van der Waals surface area contributed by atoms with Crippen LogP contribution in [0.1, 0.15) is 19.3 Å². The number of nitrogens with zero attached hydrogens (tertiary/aromatic N) is 3. The lowest BCUT2D eigenvalue weighted by molar-refractivity contribution is 0.222. The van der Waals surface area contributed by atoms with E-state index in [2.05, 4.69) is 21.5 Å². The third-order valence-electron chi connectivity index (χ3n) is 5.28. The Bertz CT molecular complexity index is 941. The van der Waals surface area contributed by atoms with Crippen LogP contribution in [0.3, 0.4) is 0 Å². The van der Waals surface area contributed by atoms with Gasteiger partial charge in [-0.25, -0.2) is 13.9 Å². The van der Waals surface area contributed by atoms with Crippen molar-refractivity contribution in [3.63, 3.8) is 0 Å². The van der Waals surface area contributed by atoms with Gasteiger partial charge < -0.3 is 13.6 Å². The minimum absolute atomic E-state index is 0.0734. The van der Waals surface area contributed by atoms with Gasteiger partial charge in [0, 0.05) is 13.1 Å². The van der Waals surface area contributed by atoms with Crippen LogP contribution in [0.25, 0.3) is 0 Å². The summed E-state index contributed by atoms with van der Waals surface area (Å²) in [5.41, 5.74) is 0. The molecule has 0 radical (unpaired) electrons. The Kier molecular flexibility index (Phi) is 7.00. The average molecular weight is 461 g/mol. The summed E-state index contributed by atoms with van der Waals surface area (Å²) in [6.45, 7) is 1.53. The van der Waals surface area contributed by atoms with Gasteiger partial charge in [0.15, 0.2) is 0 Å². The highest BCUT2D eigenvalue weighted by atomic mass is 31.2. The number of rotatable bonds is 7. The molecule has 0 spiro atoms. The first kappa shape index (κ1) is 22.3. The lowest BCUT2D eigenvalue weighted by atomic mass is 10.1. The molecule has 1 atom stereocenters. The molecule has 2 aromatic rings. The standard InChI is InChI=1S/C22H29N3O4P2/c1-24-18-19-25(2)30(24,27-20-12-6-3-7-13-20)23-31(26,28-21-14-8-4-9-15-21)29-22-16-10-5-11-17-22/h4-6,8-12,14-17,20H,3,7,13,18-19H2,1-2H3. The van der Waals surface area contributed by atoms with Crippen LogP contribution in [0.15, 0.2) is 77.3 Å². The van der Waals surface area contributed by atoms with Crippen molar-refractivity contribution in [3.05, 3.63) is 72.8 Å². The van der Waals surface area contributed by atoms with E-state index in [4.69, 9.17) is 18.1 Å². The van der Waals surface area contributed by atoms with Crippen LogP contribution in [-0.2, 0) is 9.09 Å². The lowest BCUT2D eigenvalue weighted by Gasteiger charge is -2.34. The number of hydrogen-bond donors (Lipinski definition) is 0. The lowest BCUT2D eigenvalue weighted by Crippen LogP contribution is -2.22.